The molecule has 0 aliphatic rings. The molecular weight excluding hydrogens is 475 g/mol. The molecule has 0 amide bonds. The number of guanidine groups is 1. The average molecular weight is 504 g/mol. The number of aliphatic imine (C=N–C) groups is 1. The molecule has 3 rings (SSSR count). The predicted molar refractivity (Wildman–Crippen MR) is 130 cm³/mol. The standard InChI is InChI=1S/C22H28N6.HI/c1-4-23-22(24-13-12-18-11-10-17(2)25-14-18)28(3)16-21-26-15-20(27-21)19-8-6-5-7-9-19;/h5-11,14-15H,4,12-13,16H2,1-3H3,(H,23,24)(H,26,27);1H. The molecule has 0 fully saturated rings. The number of nitrogens with one attached hydrogen (secondary N) is 2. The first kappa shape index (κ1) is 22.9. The lowest BCUT2D eigenvalue weighted by Crippen LogP contribution is -2.38. The molecule has 0 radical (unpaired) electrons. The molecule has 0 saturated carbocycles. The van der Waals surface area contributed by atoms with E-state index in [0.29, 0.717) is 13.1 Å². The minimum atomic E-state index is 0. The Bertz CT molecular complexity index is 889. The summed E-state index contributed by atoms with van der Waals surface area (Å²) in [6, 6.07) is 14.4. The largest absolute Gasteiger partial charge is 0.357 e. The van der Waals surface area contributed by atoms with Gasteiger partial charge in [0.15, 0.2) is 5.96 Å². The molecule has 0 bridgehead atoms. The average Bonchev–Trinajstić information content (AvgIpc) is 3.18. The van der Waals surface area contributed by atoms with Gasteiger partial charge in [-0.25, -0.2) is 4.98 Å². The Hall–Kier alpha value is -2.42. The first-order valence-electron chi connectivity index (χ1n) is 9.66. The van der Waals surface area contributed by atoms with Gasteiger partial charge in [-0.15, -0.1) is 24.0 Å². The fraction of sp³-hybridized carbons (Fsp3) is 0.318. The van der Waals surface area contributed by atoms with Crippen molar-refractivity contribution in [1.29, 1.82) is 0 Å². The Morgan fingerprint density at radius 3 is 2.59 bits per heavy atom. The fourth-order valence-corrected chi connectivity index (χ4v) is 2.91. The van der Waals surface area contributed by atoms with Crippen molar-refractivity contribution in [3.8, 4) is 11.3 Å². The lowest BCUT2D eigenvalue weighted by molar-refractivity contribution is 0.464. The van der Waals surface area contributed by atoms with Crippen molar-refractivity contribution in [2.45, 2.75) is 26.8 Å². The fourth-order valence-electron chi connectivity index (χ4n) is 2.91. The smallest absolute Gasteiger partial charge is 0.194 e. The molecule has 0 aliphatic carbocycles. The topological polar surface area (TPSA) is 69.2 Å². The third kappa shape index (κ3) is 6.85. The van der Waals surface area contributed by atoms with Crippen LogP contribution in [0.1, 0.15) is 24.0 Å². The van der Waals surface area contributed by atoms with E-state index in [1.165, 1.54) is 5.56 Å². The molecule has 0 aliphatic heterocycles. The highest BCUT2D eigenvalue weighted by atomic mass is 127. The van der Waals surface area contributed by atoms with Crippen molar-refractivity contribution < 1.29 is 0 Å². The second-order valence-electron chi connectivity index (χ2n) is 6.76. The van der Waals surface area contributed by atoms with Crippen LogP contribution in [-0.2, 0) is 13.0 Å². The van der Waals surface area contributed by atoms with Crippen molar-refractivity contribution in [1.82, 2.24) is 25.2 Å². The van der Waals surface area contributed by atoms with Crippen molar-refractivity contribution in [2.24, 2.45) is 4.99 Å². The summed E-state index contributed by atoms with van der Waals surface area (Å²) < 4.78 is 0. The Morgan fingerprint density at radius 2 is 1.90 bits per heavy atom. The summed E-state index contributed by atoms with van der Waals surface area (Å²) in [4.78, 5) is 19.1. The number of hydrogen-bond acceptors (Lipinski definition) is 3. The second-order valence-corrected chi connectivity index (χ2v) is 6.76. The number of pyridine rings is 1. The number of imidazole rings is 1. The van der Waals surface area contributed by atoms with Gasteiger partial charge >= 0.3 is 0 Å². The van der Waals surface area contributed by atoms with Crippen LogP contribution in [0.15, 0.2) is 59.9 Å². The summed E-state index contributed by atoms with van der Waals surface area (Å²) in [5.41, 5.74) is 4.40. The van der Waals surface area contributed by atoms with E-state index in [4.69, 9.17) is 4.99 Å². The van der Waals surface area contributed by atoms with E-state index in [2.05, 4.69) is 50.3 Å². The molecule has 2 N–H and O–H groups in total. The summed E-state index contributed by atoms with van der Waals surface area (Å²) in [6.07, 6.45) is 4.68. The number of halogens is 1. The van der Waals surface area contributed by atoms with E-state index in [9.17, 15) is 0 Å². The van der Waals surface area contributed by atoms with E-state index in [1.54, 1.807) is 0 Å². The maximum atomic E-state index is 4.75. The van der Waals surface area contributed by atoms with Crippen LogP contribution in [0.3, 0.4) is 0 Å². The molecule has 0 atom stereocenters. The minimum Gasteiger partial charge on any atom is -0.357 e. The van der Waals surface area contributed by atoms with Crippen LogP contribution < -0.4 is 5.32 Å². The number of nitrogens with zero attached hydrogens (tertiary/aromatic N) is 4. The monoisotopic (exact) mass is 504 g/mol. The maximum absolute atomic E-state index is 4.75. The molecule has 6 nitrogen and oxygen atoms in total. The van der Waals surface area contributed by atoms with Crippen molar-refractivity contribution in [2.75, 3.05) is 20.1 Å². The molecule has 2 aromatic heterocycles. The number of benzene rings is 1. The molecule has 2 heterocycles. The number of rotatable bonds is 7. The third-order valence-corrected chi connectivity index (χ3v) is 4.43. The minimum absolute atomic E-state index is 0. The van der Waals surface area contributed by atoms with Crippen LogP contribution in [-0.4, -0.2) is 45.9 Å². The Morgan fingerprint density at radius 1 is 1.10 bits per heavy atom. The zero-order valence-corrected chi connectivity index (χ0v) is 19.6. The number of aryl methyl sites for hydroxylation is 1. The molecule has 3 aromatic rings. The van der Waals surface area contributed by atoms with Gasteiger partial charge in [0.25, 0.3) is 0 Å². The molecule has 0 unspecified atom stereocenters. The van der Waals surface area contributed by atoms with E-state index in [-0.39, 0.29) is 24.0 Å². The molecular formula is C22H29IN6. The van der Waals surface area contributed by atoms with E-state index >= 15 is 0 Å². The number of aromatic nitrogens is 3. The summed E-state index contributed by atoms with van der Waals surface area (Å²) >= 11 is 0. The number of H-pyrrole nitrogens is 1. The van der Waals surface area contributed by atoms with Gasteiger partial charge in [-0.3, -0.25) is 9.98 Å². The quantitative estimate of drug-likeness (QED) is 0.290. The summed E-state index contributed by atoms with van der Waals surface area (Å²) in [7, 11) is 2.03. The van der Waals surface area contributed by atoms with Crippen molar-refractivity contribution in [3.05, 3.63) is 71.9 Å². The Balaban J connectivity index is 0.00000300. The van der Waals surface area contributed by atoms with Gasteiger partial charge < -0.3 is 15.2 Å². The van der Waals surface area contributed by atoms with Crippen molar-refractivity contribution in [3.63, 3.8) is 0 Å². The van der Waals surface area contributed by atoms with Gasteiger partial charge in [-0.1, -0.05) is 36.4 Å². The zero-order valence-electron chi connectivity index (χ0n) is 17.2. The van der Waals surface area contributed by atoms with Gasteiger partial charge in [-0.05, 0) is 37.5 Å². The SMILES string of the molecule is CCNC(=NCCc1ccc(C)nc1)N(C)Cc1ncc(-c2ccccc2)[nH]1.I. The Kier molecular flexibility index (Phi) is 9.11. The van der Waals surface area contributed by atoms with Gasteiger partial charge in [-0.2, -0.15) is 0 Å². The molecule has 154 valence electrons. The van der Waals surface area contributed by atoms with Crippen LogP contribution in [0.4, 0.5) is 0 Å². The molecule has 0 saturated heterocycles. The first-order valence-corrected chi connectivity index (χ1v) is 9.66. The third-order valence-electron chi connectivity index (χ3n) is 4.43. The highest BCUT2D eigenvalue weighted by molar-refractivity contribution is 14.0. The summed E-state index contributed by atoms with van der Waals surface area (Å²) in [5, 5.41) is 3.36. The zero-order chi connectivity index (χ0) is 19.8. The molecule has 0 spiro atoms. The summed E-state index contributed by atoms with van der Waals surface area (Å²) in [6.45, 7) is 6.27. The Labute approximate surface area is 189 Å². The lowest BCUT2D eigenvalue weighted by Gasteiger charge is -2.21. The second kappa shape index (κ2) is 11.5. The first-order chi connectivity index (χ1) is 13.7. The normalized spacial score (nSPS) is 11.1. The van der Waals surface area contributed by atoms with E-state index < -0.39 is 0 Å². The predicted octanol–water partition coefficient (Wildman–Crippen LogP) is 4.04. The lowest BCUT2D eigenvalue weighted by atomic mass is 10.2. The maximum Gasteiger partial charge on any atom is 0.194 e. The van der Waals surface area contributed by atoms with Crippen LogP contribution in [0.5, 0.6) is 0 Å². The van der Waals surface area contributed by atoms with Crippen LogP contribution in [0.2, 0.25) is 0 Å². The summed E-state index contributed by atoms with van der Waals surface area (Å²) in [5.74, 6) is 1.79. The van der Waals surface area contributed by atoms with Gasteiger partial charge in [0.1, 0.15) is 5.82 Å². The van der Waals surface area contributed by atoms with Gasteiger partial charge in [0.2, 0.25) is 0 Å². The highest BCUT2D eigenvalue weighted by Gasteiger charge is 2.10. The van der Waals surface area contributed by atoms with Crippen LogP contribution in [0.25, 0.3) is 11.3 Å². The van der Waals surface area contributed by atoms with E-state index in [1.807, 2.05) is 50.6 Å². The van der Waals surface area contributed by atoms with E-state index in [0.717, 1.165) is 41.7 Å². The number of aromatic amines is 1. The molecule has 7 heteroatoms. The van der Waals surface area contributed by atoms with Crippen LogP contribution >= 0.6 is 24.0 Å². The van der Waals surface area contributed by atoms with Crippen LogP contribution in [0, 0.1) is 6.92 Å². The number of hydrogen-bond donors (Lipinski definition) is 2. The van der Waals surface area contributed by atoms with Crippen molar-refractivity contribution >= 4 is 29.9 Å². The van der Waals surface area contributed by atoms with Gasteiger partial charge in [0, 0.05) is 32.0 Å². The molecule has 29 heavy (non-hydrogen) atoms. The van der Waals surface area contributed by atoms with Gasteiger partial charge in [0.05, 0.1) is 18.4 Å². The highest BCUT2D eigenvalue weighted by Crippen LogP contribution is 2.16. The molecule has 1 aromatic carbocycles.